The molecule has 0 unspecified atom stereocenters. The van der Waals surface area contributed by atoms with E-state index in [1.54, 1.807) is 0 Å². The van der Waals surface area contributed by atoms with E-state index in [-0.39, 0.29) is 0 Å². The van der Waals surface area contributed by atoms with Gasteiger partial charge in [-0.05, 0) is 152 Å². The van der Waals surface area contributed by atoms with Gasteiger partial charge >= 0.3 is 0 Å². The van der Waals surface area contributed by atoms with Crippen LogP contribution in [0.2, 0.25) is 0 Å². The van der Waals surface area contributed by atoms with Crippen LogP contribution in [0.4, 0.5) is 17.1 Å². The van der Waals surface area contributed by atoms with Crippen molar-refractivity contribution in [1.82, 2.24) is 4.57 Å². The van der Waals surface area contributed by atoms with Crippen LogP contribution in [0.1, 0.15) is 11.1 Å². The molecule has 1 heterocycles. The Morgan fingerprint density at radius 2 is 0.760 bits per heavy atom. The molecular formula is C73H54N2. The van der Waals surface area contributed by atoms with Crippen molar-refractivity contribution in [2.75, 3.05) is 4.90 Å². The number of rotatable bonds is 14. The van der Waals surface area contributed by atoms with Gasteiger partial charge in [0.2, 0.25) is 0 Å². The average Bonchev–Trinajstić information content (AvgIpc) is 3.83. The molecule has 356 valence electrons. The third-order valence-electron chi connectivity index (χ3n) is 14.2. The van der Waals surface area contributed by atoms with Crippen molar-refractivity contribution in [1.29, 1.82) is 0 Å². The number of hydrogen-bond acceptors (Lipinski definition) is 1. The molecule has 0 fully saturated rings. The standard InChI is InChI=1S/C73H54N2/c1-2-54(21-10-9-19-53-20-15-26-60(49-53)55-22-5-3-6-23-55)57-37-43-66(44-38-57)74(67-45-39-58(40-46-67)62-28-17-30-64(51-62)63-29-16-27-61(50-63)56-24-7-4-8-25-56)68-47-41-59(42-48-68)65-31-18-32-69(52-65)75-72-35-13-11-33-70(72)71-34-12-14-36-73(71)75/h2-18,20-52H,1,19H2/b10-9-,54-21+. The summed E-state index contributed by atoms with van der Waals surface area (Å²) in [5.41, 5.74) is 22.1. The van der Waals surface area contributed by atoms with Gasteiger partial charge in [-0.15, -0.1) is 0 Å². The molecule has 1 aromatic heterocycles. The lowest BCUT2D eigenvalue weighted by atomic mass is 9.96. The summed E-state index contributed by atoms with van der Waals surface area (Å²) in [5.74, 6) is 0. The second kappa shape index (κ2) is 21.1. The zero-order chi connectivity index (χ0) is 50.3. The molecule has 12 aromatic rings. The molecule has 0 aliphatic rings. The first-order chi connectivity index (χ1) is 37.1. The molecule has 0 aliphatic heterocycles. The molecule has 0 bridgehead atoms. The van der Waals surface area contributed by atoms with E-state index in [9.17, 15) is 0 Å². The fourth-order valence-corrected chi connectivity index (χ4v) is 10.4. The summed E-state index contributed by atoms with van der Waals surface area (Å²) in [7, 11) is 0. The molecule has 11 aromatic carbocycles. The Kier molecular flexibility index (Phi) is 13.1. The van der Waals surface area contributed by atoms with E-state index >= 15 is 0 Å². The lowest BCUT2D eigenvalue weighted by molar-refractivity contribution is 1.18. The van der Waals surface area contributed by atoms with Crippen molar-refractivity contribution in [3.8, 4) is 61.3 Å². The van der Waals surface area contributed by atoms with Crippen molar-refractivity contribution in [3.63, 3.8) is 0 Å². The number of hydrogen-bond donors (Lipinski definition) is 0. The highest BCUT2D eigenvalue weighted by molar-refractivity contribution is 6.09. The van der Waals surface area contributed by atoms with Crippen LogP contribution in [0.15, 0.2) is 310 Å². The van der Waals surface area contributed by atoms with Gasteiger partial charge in [-0.1, -0.05) is 237 Å². The lowest BCUT2D eigenvalue weighted by Gasteiger charge is -2.26. The normalized spacial score (nSPS) is 11.6. The monoisotopic (exact) mass is 958 g/mol. The van der Waals surface area contributed by atoms with E-state index in [0.29, 0.717) is 0 Å². The van der Waals surface area contributed by atoms with Crippen molar-refractivity contribution in [2.24, 2.45) is 0 Å². The fourth-order valence-electron chi connectivity index (χ4n) is 10.4. The molecule has 2 heteroatoms. The van der Waals surface area contributed by atoms with Crippen molar-refractivity contribution in [2.45, 2.75) is 6.42 Å². The third kappa shape index (κ3) is 9.81. The molecule has 0 aliphatic carbocycles. The maximum atomic E-state index is 4.21. The number of nitrogens with zero attached hydrogens (tertiary/aromatic N) is 2. The molecule has 0 saturated carbocycles. The largest absolute Gasteiger partial charge is 0.311 e. The van der Waals surface area contributed by atoms with E-state index in [4.69, 9.17) is 0 Å². The van der Waals surface area contributed by atoms with E-state index in [1.807, 2.05) is 6.08 Å². The Hall–Kier alpha value is -9.76. The molecule has 75 heavy (non-hydrogen) atoms. The minimum absolute atomic E-state index is 0.841. The Morgan fingerprint density at radius 1 is 0.360 bits per heavy atom. The average molecular weight is 959 g/mol. The number of anilines is 3. The SMILES string of the molecule is C=C/C(=C\C=C/Cc1cccc(-c2ccccc2)c1)c1ccc(N(c2ccc(-c3cccc(-c4cccc(-c5ccccc5)c4)c3)cc2)c2ccc(-c3cccc(-n4c5ccccc5c5ccccc54)c3)cc2)cc1. The van der Waals surface area contributed by atoms with Gasteiger partial charge in [0.05, 0.1) is 11.0 Å². The summed E-state index contributed by atoms with van der Waals surface area (Å²) in [6.07, 6.45) is 9.30. The highest BCUT2D eigenvalue weighted by Crippen LogP contribution is 2.39. The predicted octanol–water partition coefficient (Wildman–Crippen LogP) is 20.0. The summed E-state index contributed by atoms with van der Waals surface area (Å²) in [5, 5.41) is 2.51. The first-order valence-electron chi connectivity index (χ1n) is 25.7. The van der Waals surface area contributed by atoms with E-state index in [1.165, 1.54) is 66.3 Å². The van der Waals surface area contributed by atoms with Gasteiger partial charge in [-0.2, -0.15) is 0 Å². The van der Waals surface area contributed by atoms with Gasteiger partial charge in [-0.3, -0.25) is 0 Å². The van der Waals surface area contributed by atoms with Crippen LogP contribution in [0.3, 0.4) is 0 Å². The minimum atomic E-state index is 0.841. The lowest BCUT2D eigenvalue weighted by Crippen LogP contribution is -2.10. The number of benzene rings is 11. The van der Waals surface area contributed by atoms with Gasteiger partial charge in [0, 0.05) is 33.5 Å². The van der Waals surface area contributed by atoms with Gasteiger partial charge in [0.1, 0.15) is 0 Å². The summed E-state index contributed by atoms with van der Waals surface area (Å²) in [6.45, 7) is 4.21. The zero-order valence-corrected chi connectivity index (χ0v) is 41.7. The molecule has 0 saturated heterocycles. The van der Waals surface area contributed by atoms with Crippen molar-refractivity contribution < 1.29 is 0 Å². The van der Waals surface area contributed by atoms with Crippen LogP contribution < -0.4 is 4.90 Å². The van der Waals surface area contributed by atoms with E-state index in [0.717, 1.165) is 57.0 Å². The summed E-state index contributed by atoms with van der Waals surface area (Å²) in [6, 6.07) is 101. The van der Waals surface area contributed by atoms with Crippen LogP contribution in [-0.4, -0.2) is 4.57 Å². The van der Waals surface area contributed by atoms with Gasteiger partial charge in [0.15, 0.2) is 0 Å². The first kappa shape index (κ1) is 46.3. The molecule has 2 nitrogen and oxygen atoms in total. The number of para-hydroxylation sites is 2. The highest BCUT2D eigenvalue weighted by Gasteiger charge is 2.16. The topological polar surface area (TPSA) is 8.17 Å². The first-order valence-corrected chi connectivity index (χ1v) is 25.7. The fraction of sp³-hybridized carbons (Fsp3) is 0.0137. The van der Waals surface area contributed by atoms with Gasteiger partial charge in [0.25, 0.3) is 0 Å². The number of allylic oxidation sites excluding steroid dienone is 5. The Bertz CT molecular complexity index is 3960. The third-order valence-corrected chi connectivity index (χ3v) is 14.2. The maximum absolute atomic E-state index is 4.21. The van der Waals surface area contributed by atoms with Crippen LogP contribution in [0, 0.1) is 0 Å². The minimum Gasteiger partial charge on any atom is -0.311 e. The second-order valence-corrected chi connectivity index (χ2v) is 18.9. The van der Waals surface area contributed by atoms with E-state index < -0.39 is 0 Å². The van der Waals surface area contributed by atoms with Crippen LogP contribution in [-0.2, 0) is 6.42 Å². The van der Waals surface area contributed by atoms with Crippen LogP contribution in [0.25, 0.3) is 88.7 Å². The van der Waals surface area contributed by atoms with Gasteiger partial charge in [-0.25, -0.2) is 0 Å². The maximum Gasteiger partial charge on any atom is 0.0541 e. The summed E-state index contributed by atoms with van der Waals surface area (Å²) >= 11 is 0. The van der Waals surface area contributed by atoms with Crippen molar-refractivity contribution in [3.05, 3.63) is 321 Å². The van der Waals surface area contributed by atoms with E-state index in [2.05, 4.69) is 313 Å². The molecule has 0 N–H and O–H groups in total. The smallest absolute Gasteiger partial charge is 0.0541 e. The molecular weight excluding hydrogens is 905 g/mol. The second-order valence-electron chi connectivity index (χ2n) is 18.9. The zero-order valence-electron chi connectivity index (χ0n) is 41.7. The quantitative estimate of drug-likeness (QED) is 0.0986. The highest BCUT2D eigenvalue weighted by atomic mass is 15.1. The molecule has 0 atom stereocenters. The molecule has 0 amide bonds. The Balaban J connectivity index is 0.849. The predicted molar refractivity (Wildman–Crippen MR) is 320 cm³/mol. The summed E-state index contributed by atoms with van der Waals surface area (Å²) < 4.78 is 2.38. The van der Waals surface area contributed by atoms with Crippen molar-refractivity contribution >= 4 is 44.4 Å². The molecule has 0 radical (unpaired) electrons. The Morgan fingerprint density at radius 3 is 1.28 bits per heavy atom. The number of aromatic nitrogens is 1. The van der Waals surface area contributed by atoms with Gasteiger partial charge < -0.3 is 9.47 Å². The van der Waals surface area contributed by atoms with Crippen LogP contribution >= 0.6 is 0 Å². The summed E-state index contributed by atoms with van der Waals surface area (Å²) in [4.78, 5) is 2.35. The molecule has 0 spiro atoms. The van der Waals surface area contributed by atoms with Crippen LogP contribution in [0.5, 0.6) is 0 Å². The number of fused-ring (bicyclic) bond motifs is 3. The molecule has 12 rings (SSSR count). The Labute approximate surface area is 440 Å².